The van der Waals surface area contributed by atoms with Crippen molar-refractivity contribution in [3.8, 4) is 0 Å². The van der Waals surface area contributed by atoms with Crippen LogP contribution >= 0.6 is 11.6 Å². The average Bonchev–Trinajstić information content (AvgIpc) is 2.67. The number of aromatic nitrogens is 1. The van der Waals surface area contributed by atoms with Gasteiger partial charge in [0.1, 0.15) is 11.0 Å². The first-order chi connectivity index (χ1) is 6.84. The van der Waals surface area contributed by atoms with E-state index in [-0.39, 0.29) is 0 Å². The maximum absolute atomic E-state index is 5.74. The van der Waals surface area contributed by atoms with E-state index in [0.717, 1.165) is 11.4 Å². The van der Waals surface area contributed by atoms with Crippen LogP contribution in [0.15, 0.2) is 41.2 Å². The van der Waals surface area contributed by atoms with Crippen LogP contribution in [-0.2, 0) is 6.54 Å². The van der Waals surface area contributed by atoms with E-state index in [4.69, 9.17) is 16.0 Å². The highest BCUT2D eigenvalue weighted by Crippen LogP contribution is 2.10. The van der Waals surface area contributed by atoms with Crippen molar-refractivity contribution >= 4 is 17.4 Å². The molecule has 0 aliphatic heterocycles. The molecular formula is C10H9ClN2O. The van der Waals surface area contributed by atoms with E-state index >= 15 is 0 Å². The van der Waals surface area contributed by atoms with Gasteiger partial charge in [-0.15, -0.1) is 0 Å². The smallest absolute Gasteiger partial charge is 0.131 e. The lowest BCUT2D eigenvalue weighted by atomic mass is 10.3. The highest BCUT2D eigenvalue weighted by atomic mass is 35.5. The summed E-state index contributed by atoms with van der Waals surface area (Å²) in [6.45, 7) is 0.684. The van der Waals surface area contributed by atoms with Crippen molar-refractivity contribution in [1.29, 1.82) is 0 Å². The Morgan fingerprint density at radius 2 is 2.29 bits per heavy atom. The second-order valence-corrected chi connectivity index (χ2v) is 3.22. The SMILES string of the molecule is Clc1cccc(NCc2ccoc2)n1. The van der Waals surface area contributed by atoms with Gasteiger partial charge in [-0.2, -0.15) is 0 Å². The van der Waals surface area contributed by atoms with E-state index in [1.165, 1.54) is 0 Å². The molecule has 0 atom stereocenters. The van der Waals surface area contributed by atoms with Crippen molar-refractivity contribution < 1.29 is 4.42 Å². The molecule has 3 nitrogen and oxygen atoms in total. The number of pyridine rings is 1. The van der Waals surface area contributed by atoms with Crippen LogP contribution in [0.3, 0.4) is 0 Å². The van der Waals surface area contributed by atoms with Crippen LogP contribution in [0.2, 0.25) is 5.15 Å². The minimum atomic E-state index is 0.488. The van der Waals surface area contributed by atoms with Gasteiger partial charge in [-0.3, -0.25) is 0 Å². The molecule has 2 aromatic rings. The van der Waals surface area contributed by atoms with Crippen molar-refractivity contribution in [1.82, 2.24) is 4.98 Å². The fourth-order valence-electron chi connectivity index (χ4n) is 1.09. The molecule has 2 rings (SSSR count). The molecule has 4 heteroatoms. The molecule has 0 saturated heterocycles. The highest BCUT2D eigenvalue weighted by Gasteiger charge is 1.96. The molecule has 1 N–H and O–H groups in total. The Morgan fingerprint density at radius 3 is 3.00 bits per heavy atom. The molecule has 14 heavy (non-hydrogen) atoms. The monoisotopic (exact) mass is 208 g/mol. The summed E-state index contributed by atoms with van der Waals surface area (Å²) < 4.78 is 4.94. The van der Waals surface area contributed by atoms with Gasteiger partial charge in [-0.25, -0.2) is 4.98 Å². The number of hydrogen-bond donors (Lipinski definition) is 1. The lowest BCUT2D eigenvalue weighted by molar-refractivity contribution is 0.564. The molecule has 0 radical (unpaired) electrons. The van der Waals surface area contributed by atoms with Crippen LogP contribution in [0.5, 0.6) is 0 Å². The highest BCUT2D eigenvalue weighted by molar-refractivity contribution is 6.29. The first-order valence-corrected chi connectivity index (χ1v) is 4.60. The summed E-state index contributed by atoms with van der Waals surface area (Å²) in [5.41, 5.74) is 1.08. The van der Waals surface area contributed by atoms with Crippen LogP contribution < -0.4 is 5.32 Å². The topological polar surface area (TPSA) is 38.1 Å². The normalized spacial score (nSPS) is 10.1. The fraction of sp³-hybridized carbons (Fsp3) is 0.100. The largest absolute Gasteiger partial charge is 0.472 e. The zero-order chi connectivity index (χ0) is 9.80. The first-order valence-electron chi connectivity index (χ1n) is 4.22. The van der Waals surface area contributed by atoms with Gasteiger partial charge in [0.05, 0.1) is 12.5 Å². The molecule has 0 fully saturated rings. The number of nitrogens with zero attached hydrogens (tertiary/aromatic N) is 1. The molecule has 0 amide bonds. The zero-order valence-electron chi connectivity index (χ0n) is 7.40. The molecule has 0 saturated carbocycles. The number of halogens is 1. The van der Waals surface area contributed by atoms with E-state index in [0.29, 0.717) is 11.7 Å². The number of rotatable bonds is 3. The summed E-state index contributed by atoms with van der Waals surface area (Å²) in [7, 11) is 0. The standard InChI is InChI=1S/C10H9ClN2O/c11-9-2-1-3-10(13-9)12-6-8-4-5-14-7-8/h1-5,7H,6H2,(H,12,13). The maximum atomic E-state index is 5.74. The van der Waals surface area contributed by atoms with Gasteiger partial charge in [0, 0.05) is 12.1 Å². The Balaban J connectivity index is 1.98. The first kappa shape index (κ1) is 9.09. The Morgan fingerprint density at radius 1 is 1.36 bits per heavy atom. The van der Waals surface area contributed by atoms with E-state index in [1.807, 2.05) is 18.2 Å². The zero-order valence-corrected chi connectivity index (χ0v) is 8.16. The van der Waals surface area contributed by atoms with Crippen molar-refractivity contribution in [2.24, 2.45) is 0 Å². The van der Waals surface area contributed by atoms with Crippen LogP contribution in [0.1, 0.15) is 5.56 Å². The van der Waals surface area contributed by atoms with Gasteiger partial charge in [-0.05, 0) is 18.2 Å². The van der Waals surface area contributed by atoms with E-state index in [9.17, 15) is 0 Å². The van der Waals surface area contributed by atoms with Crippen molar-refractivity contribution in [2.75, 3.05) is 5.32 Å². The van der Waals surface area contributed by atoms with Crippen molar-refractivity contribution in [3.63, 3.8) is 0 Å². The Kier molecular flexibility index (Phi) is 2.70. The lowest BCUT2D eigenvalue weighted by Crippen LogP contribution is -1.99. The molecule has 0 aliphatic carbocycles. The van der Waals surface area contributed by atoms with Crippen LogP contribution in [0.25, 0.3) is 0 Å². The molecule has 2 heterocycles. The van der Waals surface area contributed by atoms with Gasteiger partial charge in [0.2, 0.25) is 0 Å². The molecule has 0 spiro atoms. The van der Waals surface area contributed by atoms with E-state index in [1.54, 1.807) is 18.6 Å². The molecule has 0 unspecified atom stereocenters. The van der Waals surface area contributed by atoms with Gasteiger partial charge >= 0.3 is 0 Å². The number of hydrogen-bond acceptors (Lipinski definition) is 3. The lowest BCUT2D eigenvalue weighted by Gasteiger charge is -2.02. The van der Waals surface area contributed by atoms with Crippen LogP contribution in [-0.4, -0.2) is 4.98 Å². The fourth-order valence-corrected chi connectivity index (χ4v) is 1.26. The summed E-state index contributed by atoms with van der Waals surface area (Å²) in [5.74, 6) is 0.763. The molecule has 2 aromatic heterocycles. The molecule has 0 aromatic carbocycles. The number of nitrogens with one attached hydrogen (secondary N) is 1. The summed E-state index contributed by atoms with van der Waals surface area (Å²) >= 11 is 5.74. The average molecular weight is 209 g/mol. The summed E-state index contributed by atoms with van der Waals surface area (Å²) in [6, 6.07) is 7.36. The third-order valence-electron chi connectivity index (χ3n) is 1.77. The summed E-state index contributed by atoms with van der Waals surface area (Å²) in [6.07, 6.45) is 3.33. The van der Waals surface area contributed by atoms with Crippen molar-refractivity contribution in [2.45, 2.75) is 6.54 Å². The van der Waals surface area contributed by atoms with Gasteiger partial charge in [-0.1, -0.05) is 17.7 Å². The Bertz CT molecular complexity index is 400. The summed E-state index contributed by atoms with van der Waals surface area (Å²) in [4.78, 5) is 4.10. The predicted octanol–water partition coefficient (Wildman–Crippen LogP) is 2.94. The quantitative estimate of drug-likeness (QED) is 0.789. The molecular weight excluding hydrogens is 200 g/mol. The molecule has 0 bridgehead atoms. The van der Waals surface area contributed by atoms with Gasteiger partial charge in [0.15, 0.2) is 0 Å². The van der Waals surface area contributed by atoms with E-state index in [2.05, 4.69) is 10.3 Å². The van der Waals surface area contributed by atoms with Crippen molar-refractivity contribution in [3.05, 3.63) is 47.5 Å². The summed E-state index contributed by atoms with van der Waals surface area (Å²) in [5, 5.41) is 3.62. The molecule has 0 aliphatic rings. The number of furan rings is 1. The van der Waals surface area contributed by atoms with Crippen LogP contribution in [0.4, 0.5) is 5.82 Å². The van der Waals surface area contributed by atoms with Gasteiger partial charge in [0.25, 0.3) is 0 Å². The van der Waals surface area contributed by atoms with Gasteiger partial charge < -0.3 is 9.73 Å². The predicted molar refractivity (Wildman–Crippen MR) is 55.3 cm³/mol. The minimum absolute atomic E-state index is 0.488. The minimum Gasteiger partial charge on any atom is -0.472 e. The number of anilines is 1. The maximum Gasteiger partial charge on any atom is 0.131 e. The molecule has 72 valence electrons. The van der Waals surface area contributed by atoms with E-state index < -0.39 is 0 Å². The Labute approximate surface area is 86.7 Å². The second-order valence-electron chi connectivity index (χ2n) is 2.83. The Hall–Kier alpha value is -1.48. The van der Waals surface area contributed by atoms with Crippen LogP contribution in [0, 0.1) is 0 Å². The second kappa shape index (κ2) is 4.15. The third-order valence-corrected chi connectivity index (χ3v) is 1.98. The third kappa shape index (κ3) is 2.26.